The van der Waals surface area contributed by atoms with Crippen molar-refractivity contribution in [2.45, 2.75) is 173 Å². The highest BCUT2D eigenvalue weighted by Crippen LogP contribution is 2.25. The first-order valence-corrected chi connectivity index (χ1v) is 20.7. The fourth-order valence-electron chi connectivity index (χ4n) is 4.73. The minimum absolute atomic E-state index is 0.849. The predicted octanol–water partition coefficient (Wildman–Crippen LogP) is 11.1. The van der Waals surface area contributed by atoms with Crippen molar-refractivity contribution in [1.82, 2.24) is 0 Å². The van der Waals surface area contributed by atoms with Crippen LogP contribution in [0.3, 0.4) is 0 Å². The number of hydrogen-bond acceptors (Lipinski definition) is 0. The lowest BCUT2D eigenvalue weighted by Crippen LogP contribution is -2.24. The molecule has 0 unspecified atom stereocenters. The summed E-state index contributed by atoms with van der Waals surface area (Å²) in [6.45, 7) is 15.2. The van der Waals surface area contributed by atoms with Gasteiger partial charge in [-0.1, -0.05) is 173 Å². The standard InChI is InChI=1S/C27H60Si2/c1-7-9-11-12-13-14-15-18-22-26-29(5,6)27-23-20-17-16-19-21-25-28(3,4)24-10-8-2/h7-27H2,1-6H3. The summed E-state index contributed by atoms with van der Waals surface area (Å²) in [6, 6.07) is 6.30. The SMILES string of the molecule is CCCCCCCCCCC[Si](C)(C)CCCCCCCC[Si](C)(C)CCCC. The molecule has 0 rings (SSSR count). The fraction of sp³-hybridized carbons (Fsp3) is 1.00. The van der Waals surface area contributed by atoms with Gasteiger partial charge in [0.25, 0.3) is 0 Å². The van der Waals surface area contributed by atoms with Crippen LogP contribution in [-0.4, -0.2) is 16.1 Å². The molecule has 29 heavy (non-hydrogen) atoms. The molecule has 0 aliphatic rings. The lowest BCUT2D eigenvalue weighted by atomic mass is 10.1. The molecule has 176 valence electrons. The van der Waals surface area contributed by atoms with E-state index in [4.69, 9.17) is 0 Å². The Labute approximate surface area is 189 Å². The maximum absolute atomic E-state index is 2.65. The van der Waals surface area contributed by atoms with E-state index < -0.39 is 16.1 Å². The number of hydrogen-bond donors (Lipinski definition) is 0. The zero-order valence-electron chi connectivity index (χ0n) is 21.8. The highest BCUT2D eigenvalue weighted by molar-refractivity contribution is 6.77. The van der Waals surface area contributed by atoms with E-state index in [-0.39, 0.29) is 0 Å². The number of unbranched alkanes of at least 4 members (excludes halogenated alkanes) is 14. The van der Waals surface area contributed by atoms with Crippen LogP contribution >= 0.6 is 0 Å². The summed E-state index contributed by atoms with van der Waals surface area (Å²) < 4.78 is 0. The second kappa shape index (κ2) is 19.1. The molecular formula is C27H60Si2. The van der Waals surface area contributed by atoms with E-state index in [0.29, 0.717) is 0 Å². The molecule has 0 spiro atoms. The molecule has 2 heteroatoms. The van der Waals surface area contributed by atoms with E-state index in [1.54, 1.807) is 24.2 Å². The van der Waals surface area contributed by atoms with E-state index in [0.717, 1.165) is 0 Å². The molecule has 0 aromatic carbocycles. The Balaban J connectivity index is 3.47. The second-order valence-electron chi connectivity index (χ2n) is 11.6. The Morgan fingerprint density at radius 3 is 0.862 bits per heavy atom. The molecule has 0 radical (unpaired) electrons. The van der Waals surface area contributed by atoms with Crippen LogP contribution in [0.15, 0.2) is 0 Å². The van der Waals surface area contributed by atoms with E-state index in [9.17, 15) is 0 Å². The van der Waals surface area contributed by atoms with Gasteiger partial charge in [-0.25, -0.2) is 0 Å². The average Bonchev–Trinajstić information content (AvgIpc) is 2.67. The first-order valence-electron chi connectivity index (χ1n) is 13.8. The summed E-state index contributed by atoms with van der Waals surface area (Å²) in [7, 11) is -1.75. The first kappa shape index (κ1) is 29.4. The van der Waals surface area contributed by atoms with Crippen LogP contribution in [0.5, 0.6) is 0 Å². The summed E-state index contributed by atoms with van der Waals surface area (Å²) >= 11 is 0. The Morgan fingerprint density at radius 1 is 0.310 bits per heavy atom. The van der Waals surface area contributed by atoms with E-state index in [1.165, 1.54) is 109 Å². The van der Waals surface area contributed by atoms with Crippen molar-refractivity contribution in [1.29, 1.82) is 0 Å². The second-order valence-corrected chi connectivity index (χ2v) is 22.3. The molecule has 0 aliphatic carbocycles. The highest BCUT2D eigenvalue weighted by atomic mass is 28.3. The molecule has 0 heterocycles. The van der Waals surface area contributed by atoms with Gasteiger partial charge in [-0.2, -0.15) is 0 Å². The maximum Gasteiger partial charge on any atom is 0.0473 e. The molecule has 0 nitrogen and oxygen atoms in total. The van der Waals surface area contributed by atoms with Crippen LogP contribution in [0.1, 0.15) is 123 Å². The Bertz CT molecular complexity index is 335. The van der Waals surface area contributed by atoms with Crippen LogP contribution in [0.4, 0.5) is 0 Å². The van der Waals surface area contributed by atoms with Gasteiger partial charge in [0.15, 0.2) is 0 Å². The molecule has 0 fully saturated rings. The topological polar surface area (TPSA) is 0 Å². The zero-order chi connectivity index (χ0) is 21.8. The summed E-state index contributed by atoms with van der Waals surface area (Å²) in [5, 5.41) is 0. The van der Waals surface area contributed by atoms with Gasteiger partial charge in [0, 0.05) is 16.1 Å². The third-order valence-corrected chi connectivity index (χ3v) is 13.9. The third kappa shape index (κ3) is 21.5. The van der Waals surface area contributed by atoms with Gasteiger partial charge < -0.3 is 0 Å². The molecule has 0 saturated carbocycles. The molecule has 0 amide bonds. The van der Waals surface area contributed by atoms with E-state index in [1.807, 2.05) is 0 Å². The largest absolute Gasteiger partial charge is 0.0693 e. The lowest BCUT2D eigenvalue weighted by molar-refractivity contribution is 0.571. The smallest absolute Gasteiger partial charge is 0.0473 e. The summed E-state index contributed by atoms with van der Waals surface area (Å²) in [5.74, 6) is 0. The van der Waals surface area contributed by atoms with Crippen molar-refractivity contribution in [3.8, 4) is 0 Å². The van der Waals surface area contributed by atoms with E-state index in [2.05, 4.69) is 40.0 Å². The van der Waals surface area contributed by atoms with Gasteiger partial charge >= 0.3 is 0 Å². The first-order chi connectivity index (χ1) is 13.8. The van der Waals surface area contributed by atoms with Crippen LogP contribution < -0.4 is 0 Å². The van der Waals surface area contributed by atoms with Crippen molar-refractivity contribution in [2.24, 2.45) is 0 Å². The minimum atomic E-state index is -0.897. The van der Waals surface area contributed by atoms with Crippen molar-refractivity contribution in [3.63, 3.8) is 0 Å². The quantitative estimate of drug-likeness (QED) is 0.116. The van der Waals surface area contributed by atoms with Gasteiger partial charge in [-0.15, -0.1) is 0 Å². The van der Waals surface area contributed by atoms with Crippen LogP contribution in [0.25, 0.3) is 0 Å². The van der Waals surface area contributed by atoms with Gasteiger partial charge in [0.05, 0.1) is 0 Å². The molecule has 0 N–H and O–H groups in total. The minimum Gasteiger partial charge on any atom is -0.0693 e. The monoisotopic (exact) mass is 440 g/mol. The highest BCUT2D eigenvalue weighted by Gasteiger charge is 2.20. The maximum atomic E-state index is 2.65. The van der Waals surface area contributed by atoms with Gasteiger partial charge in [0.2, 0.25) is 0 Å². The summed E-state index contributed by atoms with van der Waals surface area (Å²) in [4.78, 5) is 0. The number of rotatable bonds is 22. The molecule has 0 aromatic heterocycles. The van der Waals surface area contributed by atoms with Gasteiger partial charge in [-0.05, 0) is 0 Å². The van der Waals surface area contributed by atoms with Crippen LogP contribution in [0.2, 0.25) is 50.4 Å². The molecular weight excluding hydrogens is 380 g/mol. The zero-order valence-corrected chi connectivity index (χ0v) is 23.8. The molecule has 0 saturated heterocycles. The summed E-state index contributed by atoms with van der Waals surface area (Å²) in [6.07, 6.45) is 25.2. The third-order valence-electron chi connectivity index (χ3n) is 7.12. The van der Waals surface area contributed by atoms with Crippen LogP contribution in [-0.2, 0) is 0 Å². The van der Waals surface area contributed by atoms with Gasteiger partial charge in [0.1, 0.15) is 0 Å². The fourth-order valence-corrected chi connectivity index (χ4v) is 10.2. The lowest BCUT2D eigenvalue weighted by Gasteiger charge is -2.22. The molecule has 0 bridgehead atoms. The van der Waals surface area contributed by atoms with Crippen molar-refractivity contribution < 1.29 is 0 Å². The molecule has 0 aliphatic heterocycles. The predicted molar refractivity (Wildman–Crippen MR) is 144 cm³/mol. The van der Waals surface area contributed by atoms with Crippen molar-refractivity contribution in [3.05, 3.63) is 0 Å². The average molecular weight is 441 g/mol. The molecule has 0 atom stereocenters. The van der Waals surface area contributed by atoms with Crippen LogP contribution in [0, 0.1) is 0 Å². The molecule has 0 aromatic rings. The van der Waals surface area contributed by atoms with Gasteiger partial charge in [-0.3, -0.25) is 0 Å². The van der Waals surface area contributed by atoms with Crippen molar-refractivity contribution >= 4 is 16.1 Å². The Morgan fingerprint density at radius 2 is 0.552 bits per heavy atom. The van der Waals surface area contributed by atoms with Crippen molar-refractivity contribution in [2.75, 3.05) is 0 Å². The Kier molecular flexibility index (Phi) is 19.4. The summed E-state index contributed by atoms with van der Waals surface area (Å²) in [5.41, 5.74) is 0. The van der Waals surface area contributed by atoms with E-state index >= 15 is 0 Å². The Hall–Kier alpha value is 0.434. The normalized spacial score (nSPS) is 12.6.